The molecule has 8 heteroatoms. The molecule has 174 valence electrons. The molecule has 34 heavy (non-hydrogen) atoms. The third kappa shape index (κ3) is 6.07. The molecule has 1 fully saturated rings. The number of nitrogens with zero attached hydrogens (tertiary/aromatic N) is 2. The normalized spacial score (nSPS) is 16.1. The largest absolute Gasteiger partial charge is 0.497 e. The number of thioether (sulfide) groups is 1. The summed E-state index contributed by atoms with van der Waals surface area (Å²) in [6.07, 6.45) is 0.876. The lowest BCUT2D eigenvalue weighted by Crippen LogP contribution is -2.31. The number of carbonyl (C=O) groups is 2. The highest BCUT2D eigenvalue weighted by atomic mass is 79.9. The summed E-state index contributed by atoms with van der Waals surface area (Å²) in [4.78, 5) is 31.8. The van der Waals surface area contributed by atoms with Crippen LogP contribution in [-0.4, -0.2) is 35.9 Å². The minimum atomic E-state index is -0.535. The summed E-state index contributed by atoms with van der Waals surface area (Å²) >= 11 is 4.69. The second-order valence-corrected chi connectivity index (χ2v) is 9.74. The van der Waals surface area contributed by atoms with Gasteiger partial charge in [0.2, 0.25) is 11.8 Å². The molecule has 6 nitrogen and oxygen atoms in total. The van der Waals surface area contributed by atoms with Crippen LogP contribution in [0.15, 0.2) is 88.3 Å². The molecule has 1 heterocycles. The topological polar surface area (TPSA) is 71.0 Å². The summed E-state index contributed by atoms with van der Waals surface area (Å²) < 4.78 is 6.10. The number of hydrogen-bond acceptors (Lipinski definition) is 5. The highest BCUT2D eigenvalue weighted by Gasteiger charge is 2.40. The van der Waals surface area contributed by atoms with Gasteiger partial charge in [0.15, 0.2) is 5.17 Å². The highest BCUT2D eigenvalue weighted by Crippen LogP contribution is 2.31. The fourth-order valence-electron chi connectivity index (χ4n) is 3.52. The molecule has 1 atom stereocenters. The third-order valence-electron chi connectivity index (χ3n) is 5.28. The number of benzene rings is 3. The molecule has 3 aromatic carbocycles. The molecule has 0 bridgehead atoms. The minimum absolute atomic E-state index is 0.132. The van der Waals surface area contributed by atoms with E-state index in [9.17, 15) is 9.59 Å². The van der Waals surface area contributed by atoms with Crippen LogP contribution in [0.3, 0.4) is 0 Å². The fraction of sp³-hybridized carbons (Fsp3) is 0.192. The third-order valence-corrected chi connectivity index (χ3v) is 6.92. The van der Waals surface area contributed by atoms with E-state index in [1.54, 1.807) is 19.2 Å². The number of rotatable bonds is 7. The van der Waals surface area contributed by atoms with Gasteiger partial charge in [0.25, 0.3) is 0 Å². The Bertz CT molecular complexity index is 1170. The molecule has 0 radical (unpaired) electrons. The Labute approximate surface area is 211 Å². The van der Waals surface area contributed by atoms with E-state index in [0.29, 0.717) is 17.4 Å². The molecular weight excluding hydrogens is 514 g/mol. The lowest BCUT2D eigenvalue weighted by atomic mass is 10.1. The van der Waals surface area contributed by atoms with Gasteiger partial charge in [-0.2, -0.15) is 0 Å². The van der Waals surface area contributed by atoms with E-state index in [-0.39, 0.29) is 18.2 Å². The Morgan fingerprint density at radius 1 is 1.06 bits per heavy atom. The van der Waals surface area contributed by atoms with Crippen LogP contribution >= 0.6 is 27.7 Å². The van der Waals surface area contributed by atoms with Crippen LogP contribution in [0.4, 0.5) is 11.4 Å². The number of ether oxygens (including phenoxy) is 1. The van der Waals surface area contributed by atoms with Crippen molar-refractivity contribution in [3.63, 3.8) is 0 Å². The molecule has 4 rings (SSSR count). The van der Waals surface area contributed by atoms with Gasteiger partial charge in [-0.1, -0.05) is 58.0 Å². The van der Waals surface area contributed by atoms with Gasteiger partial charge in [-0.05, 0) is 60.5 Å². The van der Waals surface area contributed by atoms with Crippen molar-refractivity contribution in [2.24, 2.45) is 4.99 Å². The van der Waals surface area contributed by atoms with Crippen LogP contribution in [0.25, 0.3) is 0 Å². The van der Waals surface area contributed by atoms with Crippen molar-refractivity contribution in [2.75, 3.05) is 23.9 Å². The minimum Gasteiger partial charge on any atom is -0.497 e. The molecule has 1 N–H and O–H groups in total. The molecule has 1 unspecified atom stereocenters. The average Bonchev–Trinajstić information content (AvgIpc) is 3.13. The summed E-state index contributed by atoms with van der Waals surface area (Å²) in [5.74, 6) is 0.381. The second kappa shape index (κ2) is 11.4. The van der Waals surface area contributed by atoms with E-state index >= 15 is 0 Å². The second-order valence-electron chi connectivity index (χ2n) is 7.63. The van der Waals surface area contributed by atoms with Crippen molar-refractivity contribution < 1.29 is 14.3 Å². The Kier molecular flexibility index (Phi) is 8.03. The predicted molar refractivity (Wildman–Crippen MR) is 142 cm³/mol. The van der Waals surface area contributed by atoms with Crippen molar-refractivity contribution in [2.45, 2.75) is 18.1 Å². The van der Waals surface area contributed by atoms with E-state index < -0.39 is 5.25 Å². The zero-order valence-electron chi connectivity index (χ0n) is 18.6. The van der Waals surface area contributed by atoms with Crippen molar-refractivity contribution in [3.05, 3.63) is 88.9 Å². The van der Waals surface area contributed by atoms with Crippen LogP contribution in [0.5, 0.6) is 5.75 Å². The fourth-order valence-corrected chi connectivity index (χ4v) is 4.83. The molecule has 1 aliphatic heterocycles. The zero-order chi connectivity index (χ0) is 23.9. The number of methoxy groups -OCH3 is 1. The van der Waals surface area contributed by atoms with Crippen LogP contribution in [0.1, 0.15) is 12.0 Å². The molecule has 0 aromatic heterocycles. The summed E-state index contributed by atoms with van der Waals surface area (Å²) in [6.45, 7) is 0.541. The van der Waals surface area contributed by atoms with Gasteiger partial charge in [-0.3, -0.25) is 14.6 Å². The van der Waals surface area contributed by atoms with Gasteiger partial charge in [0.05, 0.1) is 12.8 Å². The van der Waals surface area contributed by atoms with E-state index in [2.05, 4.69) is 21.2 Å². The predicted octanol–water partition coefficient (Wildman–Crippen LogP) is 5.53. The van der Waals surface area contributed by atoms with Gasteiger partial charge in [-0.15, -0.1) is 0 Å². The van der Waals surface area contributed by atoms with Gasteiger partial charge in [-0.25, -0.2) is 4.90 Å². The highest BCUT2D eigenvalue weighted by molar-refractivity contribution is 9.10. The maximum absolute atomic E-state index is 13.1. The number of nitrogens with one attached hydrogen (secondary N) is 1. The average molecular weight is 538 g/mol. The molecule has 0 saturated carbocycles. The number of amidine groups is 1. The number of imide groups is 1. The van der Waals surface area contributed by atoms with Gasteiger partial charge < -0.3 is 10.1 Å². The molecule has 2 amide bonds. The van der Waals surface area contributed by atoms with Crippen LogP contribution in [0, 0.1) is 0 Å². The van der Waals surface area contributed by atoms with Gasteiger partial charge >= 0.3 is 0 Å². The number of hydrogen-bond donors (Lipinski definition) is 1. The summed E-state index contributed by atoms with van der Waals surface area (Å²) in [5, 5.41) is 3.39. The lowest BCUT2D eigenvalue weighted by molar-refractivity contribution is -0.121. The summed E-state index contributed by atoms with van der Waals surface area (Å²) in [7, 11) is 1.64. The molecule has 1 saturated heterocycles. The molecular formula is C26H24BrN3O3S. The zero-order valence-corrected chi connectivity index (χ0v) is 21.0. The standard InChI is InChI=1S/C26H24BrN3O3S/c1-33-22-13-7-18(8-14-22)15-16-28-26(29-20-5-3-2-4-6-20)34-23-17-24(31)30(25(23)32)21-11-9-19(27)10-12-21/h2-14,23H,15-17H2,1H3,(H,28,29). The van der Waals surface area contributed by atoms with E-state index in [0.717, 1.165) is 27.9 Å². The van der Waals surface area contributed by atoms with Crippen molar-refractivity contribution >= 4 is 56.0 Å². The molecule has 0 aliphatic carbocycles. The number of para-hydroxylation sites is 1. The summed E-state index contributed by atoms with van der Waals surface area (Å²) in [5.41, 5.74) is 2.59. The van der Waals surface area contributed by atoms with E-state index in [1.165, 1.54) is 16.7 Å². The number of carbonyl (C=O) groups excluding carboxylic acids is 2. The van der Waals surface area contributed by atoms with Crippen LogP contribution in [-0.2, 0) is 16.0 Å². The smallest absolute Gasteiger partial charge is 0.247 e. The van der Waals surface area contributed by atoms with E-state index in [4.69, 9.17) is 9.73 Å². The lowest BCUT2D eigenvalue weighted by Gasteiger charge is -2.16. The van der Waals surface area contributed by atoms with Crippen molar-refractivity contribution in [3.8, 4) is 5.75 Å². The summed E-state index contributed by atoms with van der Waals surface area (Å²) in [6, 6.07) is 24.7. The quantitative estimate of drug-likeness (QED) is 0.243. The van der Waals surface area contributed by atoms with Gasteiger partial charge in [0, 0.05) is 23.1 Å². The Balaban J connectivity index is 1.48. The molecule has 1 aliphatic rings. The number of anilines is 2. The maximum Gasteiger partial charge on any atom is 0.247 e. The Morgan fingerprint density at radius 2 is 1.76 bits per heavy atom. The first kappa shape index (κ1) is 24.0. The van der Waals surface area contributed by atoms with Crippen molar-refractivity contribution in [1.29, 1.82) is 0 Å². The number of halogens is 1. The number of aliphatic imine (C=N–C) groups is 1. The van der Waals surface area contributed by atoms with Gasteiger partial charge in [0.1, 0.15) is 11.0 Å². The first-order valence-electron chi connectivity index (χ1n) is 10.8. The Hall–Kier alpha value is -3.10. The SMILES string of the molecule is COc1ccc(CCN=C(Nc2ccccc2)SC2CC(=O)N(c3ccc(Br)cc3)C2=O)cc1. The van der Waals surface area contributed by atoms with E-state index in [1.807, 2.05) is 66.7 Å². The number of amides is 2. The molecule has 0 spiro atoms. The Morgan fingerprint density at radius 3 is 2.44 bits per heavy atom. The monoisotopic (exact) mass is 537 g/mol. The van der Waals surface area contributed by atoms with Crippen LogP contribution < -0.4 is 15.0 Å². The van der Waals surface area contributed by atoms with Crippen LogP contribution in [0.2, 0.25) is 0 Å². The maximum atomic E-state index is 13.1. The first-order valence-corrected chi connectivity index (χ1v) is 12.5. The van der Waals surface area contributed by atoms with Crippen molar-refractivity contribution in [1.82, 2.24) is 0 Å². The first-order chi connectivity index (χ1) is 16.5. The molecule has 3 aromatic rings.